The van der Waals surface area contributed by atoms with Crippen LogP contribution in [-0.4, -0.2) is 33.7 Å². The van der Waals surface area contributed by atoms with Gasteiger partial charge in [-0.25, -0.2) is 18.1 Å². The second-order valence-electron chi connectivity index (χ2n) is 2.41. The summed E-state index contributed by atoms with van der Waals surface area (Å²) in [5, 5.41) is 0.233. The molecule has 1 aromatic heterocycles. The number of rotatable bonds is 5. The van der Waals surface area contributed by atoms with Crippen LogP contribution in [0.2, 0.25) is 0 Å². The molecule has 0 fully saturated rings. The van der Waals surface area contributed by atoms with Gasteiger partial charge in [-0.1, -0.05) is 11.3 Å². The molecule has 0 aliphatic heterocycles. The Morgan fingerprint density at radius 3 is 2.93 bits per heavy atom. The number of nitrogens with one attached hydrogen (secondary N) is 1. The lowest BCUT2D eigenvalue weighted by Gasteiger charge is -2.02. The molecule has 0 spiro atoms. The van der Waals surface area contributed by atoms with E-state index in [9.17, 15) is 8.42 Å². The summed E-state index contributed by atoms with van der Waals surface area (Å²) in [5.74, 6) is 0. The van der Waals surface area contributed by atoms with Crippen molar-refractivity contribution in [2.24, 2.45) is 0 Å². The van der Waals surface area contributed by atoms with Gasteiger partial charge in [0.1, 0.15) is 0 Å². The Balaban J connectivity index is 2.66. The van der Waals surface area contributed by atoms with Crippen LogP contribution in [0.3, 0.4) is 0 Å². The molecule has 0 bridgehead atoms. The van der Waals surface area contributed by atoms with Crippen LogP contribution in [0.5, 0.6) is 0 Å². The van der Waals surface area contributed by atoms with E-state index in [1.165, 1.54) is 13.3 Å². The molecule has 8 heteroatoms. The van der Waals surface area contributed by atoms with Crippen LogP contribution in [0.15, 0.2) is 10.4 Å². The van der Waals surface area contributed by atoms with Gasteiger partial charge in [-0.2, -0.15) is 0 Å². The van der Waals surface area contributed by atoms with Gasteiger partial charge in [0.2, 0.25) is 0 Å². The topological polar surface area (TPSA) is 94.3 Å². The molecule has 0 unspecified atom stereocenters. The number of nitrogens with two attached hydrogens (primary N) is 1. The lowest BCUT2D eigenvalue weighted by Crippen LogP contribution is -2.26. The van der Waals surface area contributed by atoms with E-state index in [1.54, 1.807) is 0 Å². The van der Waals surface area contributed by atoms with Crippen molar-refractivity contribution in [3.05, 3.63) is 6.20 Å². The third-order valence-electron chi connectivity index (χ3n) is 1.37. The number of nitrogens with zero attached hydrogens (tertiary/aromatic N) is 1. The fraction of sp³-hybridized carbons (Fsp3) is 0.500. The average molecular weight is 237 g/mol. The summed E-state index contributed by atoms with van der Waals surface area (Å²) < 4.78 is 30.1. The number of hydrogen-bond acceptors (Lipinski definition) is 6. The maximum absolute atomic E-state index is 11.5. The summed E-state index contributed by atoms with van der Waals surface area (Å²) in [4.78, 5) is 3.66. The predicted molar refractivity (Wildman–Crippen MR) is 53.6 cm³/mol. The van der Waals surface area contributed by atoms with Crippen LogP contribution in [0, 0.1) is 0 Å². The van der Waals surface area contributed by atoms with E-state index in [-0.39, 0.29) is 15.9 Å². The molecule has 0 aliphatic rings. The first-order valence-electron chi connectivity index (χ1n) is 3.76. The molecule has 0 aliphatic carbocycles. The Morgan fingerprint density at radius 2 is 2.43 bits per heavy atom. The highest BCUT2D eigenvalue weighted by Crippen LogP contribution is 2.19. The van der Waals surface area contributed by atoms with Gasteiger partial charge in [-0.05, 0) is 0 Å². The highest BCUT2D eigenvalue weighted by Gasteiger charge is 2.16. The van der Waals surface area contributed by atoms with Crippen LogP contribution >= 0.6 is 11.3 Å². The quantitative estimate of drug-likeness (QED) is 0.683. The molecule has 1 aromatic rings. The van der Waals surface area contributed by atoms with Gasteiger partial charge in [0.25, 0.3) is 10.0 Å². The van der Waals surface area contributed by atoms with Crippen LogP contribution in [0.4, 0.5) is 5.13 Å². The van der Waals surface area contributed by atoms with Crippen molar-refractivity contribution in [3.8, 4) is 0 Å². The zero-order valence-electron chi connectivity index (χ0n) is 7.56. The van der Waals surface area contributed by atoms with Crippen molar-refractivity contribution in [3.63, 3.8) is 0 Å². The summed E-state index contributed by atoms with van der Waals surface area (Å²) in [6, 6.07) is 0. The summed E-state index contributed by atoms with van der Waals surface area (Å²) in [5.41, 5.74) is 5.32. The molecule has 0 amide bonds. The van der Waals surface area contributed by atoms with E-state index in [4.69, 9.17) is 10.5 Å². The van der Waals surface area contributed by atoms with Gasteiger partial charge >= 0.3 is 0 Å². The first-order chi connectivity index (χ1) is 6.56. The Bertz CT molecular complexity index is 387. The highest BCUT2D eigenvalue weighted by molar-refractivity contribution is 7.91. The minimum Gasteiger partial charge on any atom is -0.383 e. The number of thiazole rings is 1. The fourth-order valence-corrected chi connectivity index (χ4v) is 2.72. The Labute approximate surface area is 86.2 Å². The van der Waals surface area contributed by atoms with Crippen molar-refractivity contribution in [1.29, 1.82) is 0 Å². The molecule has 1 rings (SSSR count). The number of hydrogen-bond donors (Lipinski definition) is 2. The van der Waals surface area contributed by atoms with E-state index >= 15 is 0 Å². The van der Waals surface area contributed by atoms with Crippen LogP contribution in [0.1, 0.15) is 0 Å². The van der Waals surface area contributed by atoms with Crippen molar-refractivity contribution < 1.29 is 13.2 Å². The number of sulfonamides is 1. The summed E-state index contributed by atoms with van der Waals surface area (Å²) in [7, 11) is -1.97. The van der Waals surface area contributed by atoms with Crippen LogP contribution < -0.4 is 10.5 Å². The van der Waals surface area contributed by atoms with E-state index in [0.717, 1.165) is 11.3 Å². The second kappa shape index (κ2) is 4.69. The van der Waals surface area contributed by atoms with E-state index in [0.29, 0.717) is 6.61 Å². The number of aromatic nitrogens is 1. The molecule has 0 radical (unpaired) electrons. The lowest BCUT2D eigenvalue weighted by molar-refractivity contribution is 0.204. The Morgan fingerprint density at radius 1 is 1.71 bits per heavy atom. The minimum absolute atomic E-state index is 0.117. The fourth-order valence-electron chi connectivity index (χ4n) is 0.746. The van der Waals surface area contributed by atoms with E-state index < -0.39 is 10.0 Å². The zero-order valence-corrected chi connectivity index (χ0v) is 9.19. The molecular weight excluding hydrogens is 226 g/mol. The Hall–Kier alpha value is -0.700. The average Bonchev–Trinajstić information content (AvgIpc) is 2.53. The van der Waals surface area contributed by atoms with Gasteiger partial charge in [0.15, 0.2) is 9.34 Å². The molecule has 14 heavy (non-hydrogen) atoms. The first kappa shape index (κ1) is 11.4. The van der Waals surface area contributed by atoms with Gasteiger partial charge in [-0.3, -0.25) is 0 Å². The number of methoxy groups -OCH3 is 1. The second-order valence-corrected chi connectivity index (χ2v) is 5.46. The van der Waals surface area contributed by atoms with Crippen molar-refractivity contribution >= 4 is 26.5 Å². The van der Waals surface area contributed by atoms with E-state index in [2.05, 4.69) is 9.71 Å². The van der Waals surface area contributed by atoms with E-state index in [1.807, 2.05) is 0 Å². The summed E-state index contributed by atoms with van der Waals surface area (Å²) in [6.07, 6.45) is 1.23. The third-order valence-corrected chi connectivity index (χ3v) is 4.11. The number of ether oxygens (including phenoxy) is 1. The molecule has 0 saturated heterocycles. The summed E-state index contributed by atoms with van der Waals surface area (Å²) >= 11 is 0.928. The Kier molecular flexibility index (Phi) is 3.81. The molecular formula is C6H11N3O3S2. The predicted octanol–water partition coefficient (Wildman–Crippen LogP) is -0.350. The maximum Gasteiger partial charge on any atom is 0.251 e. The van der Waals surface area contributed by atoms with Gasteiger partial charge in [-0.15, -0.1) is 0 Å². The minimum atomic E-state index is -3.47. The summed E-state index contributed by atoms with van der Waals surface area (Å²) in [6.45, 7) is 0.560. The van der Waals surface area contributed by atoms with Crippen molar-refractivity contribution in [1.82, 2.24) is 9.71 Å². The first-order valence-corrected chi connectivity index (χ1v) is 6.06. The van der Waals surface area contributed by atoms with Gasteiger partial charge in [0.05, 0.1) is 12.8 Å². The highest BCUT2D eigenvalue weighted by atomic mass is 32.2. The SMILES string of the molecule is COCCNS(=O)(=O)c1cnc(N)s1. The molecule has 3 N–H and O–H groups in total. The van der Waals surface area contributed by atoms with Crippen molar-refractivity contribution in [2.75, 3.05) is 26.0 Å². The third kappa shape index (κ3) is 2.91. The number of nitrogen functional groups attached to an aromatic ring is 1. The molecule has 6 nitrogen and oxygen atoms in total. The molecule has 0 saturated carbocycles. The zero-order chi connectivity index (χ0) is 10.6. The van der Waals surface area contributed by atoms with Crippen molar-refractivity contribution in [2.45, 2.75) is 4.21 Å². The van der Waals surface area contributed by atoms with Gasteiger partial charge < -0.3 is 10.5 Å². The number of anilines is 1. The smallest absolute Gasteiger partial charge is 0.251 e. The maximum atomic E-state index is 11.5. The molecule has 80 valence electrons. The molecule has 1 heterocycles. The monoisotopic (exact) mass is 237 g/mol. The lowest BCUT2D eigenvalue weighted by atomic mass is 10.7. The standard InChI is InChI=1S/C6H11N3O3S2/c1-12-3-2-9-14(10,11)5-4-8-6(7)13-5/h4,9H,2-3H2,1H3,(H2,7,8). The molecule has 0 aromatic carbocycles. The van der Waals surface area contributed by atoms with Crippen LogP contribution in [-0.2, 0) is 14.8 Å². The largest absolute Gasteiger partial charge is 0.383 e. The van der Waals surface area contributed by atoms with Gasteiger partial charge in [0, 0.05) is 13.7 Å². The normalized spacial score (nSPS) is 11.8. The molecule has 0 atom stereocenters. The van der Waals surface area contributed by atoms with Crippen LogP contribution in [0.25, 0.3) is 0 Å².